The number of rotatable bonds is 5. The van der Waals surface area contributed by atoms with Gasteiger partial charge in [0.2, 0.25) is 0 Å². The van der Waals surface area contributed by atoms with Crippen LogP contribution in [0.4, 0.5) is 0 Å². The maximum atomic E-state index is 12.0. The van der Waals surface area contributed by atoms with Gasteiger partial charge < -0.3 is 10.0 Å². The first kappa shape index (κ1) is 11.1. The number of nitrogens with zero attached hydrogens (tertiary/aromatic N) is 1. The van der Waals surface area contributed by atoms with Crippen LogP contribution in [0.2, 0.25) is 0 Å². The number of aliphatic carboxylic acids is 1. The van der Waals surface area contributed by atoms with E-state index in [0.717, 1.165) is 12.8 Å². The summed E-state index contributed by atoms with van der Waals surface area (Å²) in [5.74, 6) is -0.623. The highest BCUT2D eigenvalue weighted by atomic mass is 32.1. The summed E-state index contributed by atoms with van der Waals surface area (Å²) in [7, 11) is 0. The van der Waals surface area contributed by atoms with Gasteiger partial charge in [0.25, 0.3) is 5.91 Å². The number of hydrogen-bond donors (Lipinski definition) is 1. The van der Waals surface area contributed by atoms with Gasteiger partial charge in [-0.15, -0.1) is 0 Å². The van der Waals surface area contributed by atoms with Crippen LogP contribution in [0.1, 0.15) is 23.2 Å². The largest absolute Gasteiger partial charge is 0.480 e. The lowest BCUT2D eigenvalue weighted by Crippen LogP contribution is -2.37. The minimum Gasteiger partial charge on any atom is -0.480 e. The van der Waals surface area contributed by atoms with Gasteiger partial charge in [-0.1, -0.05) is 0 Å². The fourth-order valence-electron chi connectivity index (χ4n) is 1.56. The van der Waals surface area contributed by atoms with E-state index >= 15 is 0 Å². The molecule has 0 aromatic carbocycles. The number of carbonyl (C=O) groups excluding carboxylic acids is 1. The second-order valence-corrected chi connectivity index (χ2v) is 4.81. The quantitative estimate of drug-likeness (QED) is 0.850. The van der Waals surface area contributed by atoms with Crippen molar-refractivity contribution in [1.82, 2.24) is 4.90 Å². The minimum absolute atomic E-state index is 0.171. The molecule has 4 nitrogen and oxygen atoms in total. The Bertz CT molecular complexity index is 384. The van der Waals surface area contributed by atoms with Gasteiger partial charge >= 0.3 is 5.97 Å². The van der Waals surface area contributed by atoms with Gasteiger partial charge in [-0.25, -0.2) is 0 Å². The van der Waals surface area contributed by atoms with E-state index < -0.39 is 5.97 Å². The molecule has 1 aliphatic rings. The number of carboxylic acid groups (broad SMARTS) is 1. The first-order valence-electron chi connectivity index (χ1n) is 5.20. The predicted octanol–water partition coefficient (Wildman–Crippen LogP) is 1.68. The molecule has 0 bridgehead atoms. The molecule has 1 aromatic rings. The molecular formula is C11H13NO3S. The van der Waals surface area contributed by atoms with Crippen molar-refractivity contribution in [2.75, 3.05) is 13.1 Å². The summed E-state index contributed by atoms with van der Waals surface area (Å²) in [5, 5.41) is 12.3. The monoisotopic (exact) mass is 239 g/mol. The summed E-state index contributed by atoms with van der Waals surface area (Å²) in [6.45, 7) is 0.367. The Hall–Kier alpha value is -1.36. The van der Waals surface area contributed by atoms with E-state index in [2.05, 4.69) is 0 Å². The third-order valence-corrected chi connectivity index (χ3v) is 3.24. The van der Waals surface area contributed by atoms with E-state index in [0.29, 0.717) is 18.0 Å². The molecule has 16 heavy (non-hydrogen) atoms. The van der Waals surface area contributed by atoms with E-state index in [1.54, 1.807) is 11.4 Å². The van der Waals surface area contributed by atoms with E-state index in [1.807, 2.05) is 5.38 Å². The number of amides is 1. The van der Waals surface area contributed by atoms with Gasteiger partial charge in [0, 0.05) is 11.9 Å². The van der Waals surface area contributed by atoms with Crippen LogP contribution < -0.4 is 0 Å². The molecule has 86 valence electrons. The van der Waals surface area contributed by atoms with Gasteiger partial charge in [-0.3, -0.25) is 9.59 Å². The summed E-state index contributed by atoms with van der Waals surface area (Å²) in [5.41, 5.74) is 0.590. The Labute approximate surface area is 97.5 Å². The molecule has 0 saturated heterocycles. The van der Waals surface area contributed by atoms with Crippen molar-refractivity contribution < 1.29 is 14.7 Å². The first-order chi connectivity index (χ1) is 7.66. The molecule has 1 saturated carbocycles. The van der Waals surface area contributed by atoms with E-state index in [1.165, 1.54) is 16.2 Å². The SMILES string of the molecule is O=C(O)CN(CC1CC1)C(=O)c1ccsc1. The number of carbonyl (C=O) groups is 2. The van der Waals surface area contributed by atoms with Gasteiger partial charge in [-0.2, -0.15) is 11.3 Å². The van der Waals surface area contributed by atoms with Crippen LogP contribution in [0.25, 0.3) is 0 Å². The number of thiophene rings is 1. The Morgan fingerprint density at radius 2 is 2.25 bits per heavy atom. The van der Waals surface area contributed by atoms with Crippen LogP contribution >= 0.6 is 11.3 Å². The number of carboxylic acids is 1. The first-order valence-corrected chi connectivity index (χ1v) is 6.14. The third kappa shape index (κ3) is 2.82. The molecule has 5 heteroatoms. The lowest BCUT2D eigenvalue weighted by molar-refractivity contribution is -0.137. The van der Waals surface area contributed by atoms with Gasteiger partial charge in [-0.05, 0) is 30.2 Å². The van der Waals surface area contributed by atoms with Crippen molar-refractivity contribution in [2.45, 2.75) is 12.8 Å². The summed E-state index contributed by atoms with van der Waals surface area (Å²) >= 11 is 1.44. The molecule has 1 heterocycles. The maximum Gasteiger partial charge on any atom is 0.323 e. The standard InChI is InChI=1S/C11H13NO3S/c13-10(14)6-12(5-8-1-2-8)11(15)9-3-4-16-7-9/h3-4,7-8H,1-2,5-6H2,(H,13,14). The molecule has 0 aliphatic heterocycles. The summed E-state index contributed by atoms with van der Waals surface area (Å²) in [4.78, 5) is 24.1. The highest BCUT2D eigenvalue weighted by molar-refractivity contribution is 7.08. The van der Waals surface area contributed by atoms with E-state index in [9.17, 15) is 9.59 Å². The van der Waals surface area contributed by atoms with Crippen LogP contribution in [-0.2, 0) is 4.79 Å². The average molecular weight is 239 g/mol. The molecule has 2 rings (SSSR count). The predicted molar refractivity (Wildman–Crippen MR) is 60.6 cm³/mol. The molecule has 1 fully saturated rings. The third-order valence-electron chi connectivity index (χ3n) is 2.56. The van der Waals surface area contributed by atoms with Crippen molar-refractivity contribution in [3.63, 3.8) is 0 Å². The second-order valence-electron chi connectivity index (χ2n) is 4.03. The average Bonchev–Trinajstić information content (AvgIpc) is 2.88. The topological polar surface area (TPSA) is 57.6 Å². The molecule has 1 N–H and O–H groups in total. The lowest BCUT2D eigenvalue weighted by atomic mass is 10.2. The normalized spacial score (nSPS) is 14.8. The fourth-order valence-corrected chi connectivity index (χ4v) is 2.19. The molecule has 0 atom stereocenters. The zero-order valence-corrected chi connectivity index (χ0v) is 9.57. The van der Waals surface area contributed by atoms with Crippen LogP contribution in [0.15, 0.2) is 16.8 Å². The van der Waals surface area contributed by atoms with Crippen molar-refractivity contribution in [3.8, 4) is 0 Å². The smallest absolute Gasteiger partial charge is 0.323 e. The molecule has 0 unspecified atom stereocenters. The molecule has 0 radical (unpaired) electrons. The number of hydrogen-bond acceptors (Lipinski definition) is 3. The van der Waals surface area contributed by atoms with Gasteiger partial charge in [0.1, 0.15) is 6.54 Å². The molecular weight excluding hydrogens is 226 g/mol. The van der Waals surface area contributed by atoms with Crippen LogP contribution in [0.3, 0.4) is 0 Å². The molecule has 1 aromatic heterocycles. The minimum atomic E-state index is -0.954. The highest BCUT2D eigenvalue weighted by Gasteiger charge is 2.28. The zero-order valence-electron chi connectivity index (χ0n) is 8.76. The van der Waals surface area contributed by atoms with E-state index in [-0.39, 0.29) is 12.5 Å². The Morgan fingerprint density at radius 1 is 1.50 bits per heavy atom. The van der Waals surface area contributed by atoms with Gasteiger partial charge in [0.05, 0.1) is 5.56 Å². The molecule has 1 aliphatic carbocycles. The van der Waals surface area contributed by atoms with Crippen molar-refractivity contribution >= 4 is 23.2 Å². The Kier molecular flexibility index (Phi) is 3.24. The van der Waals surface area contributed by atoms with Gasteiger partial charge in [0.15, 0.2) is 0 Å². The summed E-state index contributed by atoms with van der Waals surface area (Å²) in [6, 6.07) is 1.73. The highest BCUT2D eigenvalue weighted by Crippen LogP contribution is 2.30. The van der Waals surface area contributed by atoms with Crippen molar-refractivity contribution in [2.24, 2.45) is 5.92 Å². The lowest BCUT2D eigenvalue weighted by Gasteiger charge is -2.19. The maximum absolute atomic E-state index is 12.0. The van der Waals surface area contributed by atoms with Crippen LogP contribution in [0, 0.1) is 5.92 Å². The van der Waals surface area contributed by atoms with Crippen LogP contribution in [0.5, 0.6) is 0 Å². The van der Waals surface area contributed by atoms with Crippen molar-refractivity contribution in [3.05, 3.63) is 22.4 Å². The Morgan fingerprint density at radius 3 is 2.75 bits per heavy atom. The van der Waals surface area contributed by atoms with E-state index in [4.69, 9.17) is 5.11 Å². The second kappa shape index (κ2) is 4.65. The zero-order chi connectivity index (χ0) is 11.5. The Balaban J connectivity index is 2.04. The summed E-state index contributed by atoms with van der Waals surface area (Å²) in [6.07, 6.45) is 2.21. The fraction of sp³-hybridized carbons (Fsp3) is 0.455. The van der Waals surface area contributed by atoms with Crippen LogP contribution in [-0.4, -0.2) is 35.0 Å². The molecule has 1 amide bonds. The molecule has 0 spiro atoms. The van der Waals surface area contributed by atoms with Crippen molar-refractivity contribution in [1.29, 1.82) is 0 Å². The summed E-state index contributed by atoms with van der Waals surface area (Å²) < 4.78 is 0.